The number of piperazine rings is 1. The number of carbonyl (C=O) groups is 2. The normalized spacial score (nSPS) is 33.7. The average Bonchev–Trinajstić information content (AvgIpc) is 3.43. The number of hydrogen-bond donors (Lipinski definition) is 2. The van der Waals surface area contributed by atoms with Gasteiger partial charge in [0, 0.05) is 30.7 Å². The molecule has 1 aromatic heterocycles. The molecular weight excluding hydrogens is 446 g/mol. The molecule has 0 spiro atoms. The van der Waals surface area contributed by atoms with E-state index < -0.39 is 6.04 Å². The van der Waals surface area contributed by atoms with Crippen molar-refractivity contribution in [1.82, 2.24) is 35.3 Å². The highest BCUT2D eigenvalue weighted by atomic mass is 16.2. The van der Waals surface area contributed by atoms with Crippen LogP contribution in [0.3, 0.4) is 0 Å². The van der Waals surface area contributed by atoms with Crippen molar-refractivity contribution in [2.75, 3.05) is 13.1 Å². The van der Waals surface area contributed by atoms with Crippen LogP contribution in [0.1, 0.15) is 42.9 Å². The molecule has 2 aliphatic carbocycles. The van der Waals surface area contributed by atoms with E-state index in [0.29, 0.717) is 18.3 Å². The van der Waals surface area contributed by atoms with Crippen LogP contribution in [0.2, 0.25) is 0 Å². The Morgan fingerprint density at radius 1 is 1.29 bits per heavy atom. The Morgan fingerprint density at radius 2 is 2.17 bits per heavy atom. The van der Waals surface area contributed by atoms with Gasteiger partial charge in [-0.1, -0.05) is 12.1 Å². The van der Waals surface area contributed by atoms with E-state index in [-0.39, 0.29) is 42.0 Å². The Bertz CT molecular complexity index is 1240. The predicted molar refractivity (Wildman–Crippen MR) is 122 cm³/mol. The van der Waals surface area contributed by atoms with Crippen LogP contribution in [0, 0.1) is 17.2 Å². The number of nitriles is 1. The number of tetrazole rings is 1. The van der Waals surface area contributed by atoms with Crippen molar-refractivity contribution in [3.05, 3.63) is 29.3 Å². The summed E-state index contributed by atoms with van der Waals surface area (Å²) in [5.74, 6) is 1.03. The molecule has 2 aromatic rings. The highest BCUT2D eigenvalue weighted by molar-refractivity contribution is 5.87. The lowest BCUT2D eigenvalue weighted by molar-refractivity contribution is -0.141. The highest BCUT2D eigenvalue weighted by Crippen LogP contribution is 2.48. The number of rotatable bonds is 5. The molecule has 180 valence electrons. The summed E-state index contributed by atoms with van der Waals surface area (Å²) in [6.07, 6.45) is 4.35. The molecule has 2 amide bonds. The molecular formula is C24H27N9O2. The summed E-state index contributed by atoms with van der Waals surface area (Å²) >= 11 is 0. The fourth-order valence-electron chi connectivity index (χ4n) is 7.02. The van der Waals surface area contributed by atoms with Gasteiger partial charge in [-0.15, -0.1) is 10.2 Å². The maximum atomic E-state index is 13.5. The number of piperidine rings is 1. The molecule has 11 nitrogen and oxygen atoms in total. The Morgan fingerprint density at radius 3 is 2.94 bits per heavy atom. The van der Waals surface area contributed by atoms with E-state index in [9.17, 15) is 14.9 Å². The van der Waals surface area contributed by atoms with Crippen LogP contribution in [0.4, 0.5) is 0 Å². The fraction of sp³-hybridized carbons (Fsp3) is 0.583. The molecule has 7 rings (SSSR count). The zero-order valence-electron chi connectivity index (χ0n) is 19.2. The fourth-order valence-corrected chi connectivity index (χ4v) is 7.02. The van der Waals surface area contributed by atoms with Gasteiger partial charge in [-0.25, -0.2) is 0 Å². The number of likely N-dealkylation sites (tertiary alicyclic amines) is 3. The molecule has 4 fully saturated rings. The predicted octanol–water partition coefficient (Wildman–Crippen LogP) is -0.0206. The zero-order valence-corrected chi connectivity index (χ0v) is 19.2. The highest BCUT2D eigenvalue weighted by Gasteiger charge is 2.56. The number of carbonyl (C=O) groups excluding carboxylic acids is 2. The molecule has 3 aliphatic heterocycles. The Balaban J connectivity index is 1.03. The number of aryl methyl sites for hydroxylation is 1. The number of nitrogens with two attached hydrogens (primary N) is 1. The van der Waals surface area contributed by atoms with Gasteiger partial charge in [0.05, 0.1) is 24.2 Å². The summed E-state index contributed by atoms with van der Waals surface area (Å²) in [7, 11) is 0. The Kier molecular flexibility index (Phi) is 4.53. The monoisotopic (exact) mass is 473 g/mol. The first-order valence-corrected chi connectivity index (χ1v) is 12.4. The van der Waals surface area contributed by atoms with Gasteiger partial charge in [0.15, 0.2) is 0 Å². The minimum Gasteiger partial charge on any atom is -0.330 e. The lowest BCUT2D eigenvalue weighted by atomic mass is 10.0. The first-order chi connectivity index (χ1) is 17.0. The van der Waals surface area contributed by atoms with Crippen molar-refractivity contribution in [3.63, 3.8) is 0 Å². The number of fused-ring (bicyclic) bond motifs is 4. The van der Waals surface area contributed by atoms with Gasteiger partial charge in [-0.05, 0) is 60.4 Å². The summed E-state index contributed by atoms with van der Waals surface area (Å²) in [6.45, 7) is 1.10. The largest absolute Gasteiger partial charge is 0.330 e. The molecule has 7 atom stereocenters. The minimum absolute atomic E-state index is 0.0806. The number of benzene rings is 1. The van der Waals surface area contributed by atoms with Crippen LogP contribution in [0.25, 0.3) is 11.4 Å². The van der Waals surface area contributed by atoms with Crippen molar-refractivity contribution in [3.8, 4) is 17.5 Å². The molecule has 5 aliphatic rings. The van der Waals surface area contributed by atoms with Gasteiger partial charge >= 0.3 is 0 Å². The third kappa shape index (κ3) is 3.13. The van der Waals surface area contributed by atoms with Crippen LogP contribution in [-0.2, 0) is 16.0 Å². The lowest BCUT2D eigenvalue weighted by Gasteiger charge is -2.38. The van der Waals surface area contributed by atoms with E-state index in [0.717, 1.165) is 44.2 Å². The number of hydrogen-bond acceptors (Lipinski definition) is 8. The molecule has 0 radical (unpaired) electrons. The quantitative estimate of drug-likeness (QED) is 0.616. The van der Waals surface area contributed by atoms with Crippen LogP contribution in [0.5, 0.6) is 0 Å². The summed E-state index contributed by atoms with van der Waals surface area (Å²) in [4.78, 5) is 32.4. The van der Waals surface area contributed by atoms with Crippen molar-refractivity contribution >= 4 is 11.8 Å². The van der Waals surface area contributed by atoms with Gasteiger partial charge in [0.2, 0.25) is 17.6 Å². The molecule has 2 bridgehead atoms. The Hall–Kier alpha value is -3.36. The van der Waals surface area contributed by atoms with Gasteiger partial charge in [-0.3, -0.25) is 14.5 Å². The number of nitrogens with zero attached hydrogens (tertiary/aromatic N) is 7. The molecule has 11 heteroatoms. The lowest BCUT2D eigenvalue weighted by Crippen LogP contribution is -2.57. The number of H-pyrrole nitrogens is 1. The minimum atomic E-state index is -0.707. The molecule has 4 heterocycles. The molecule has 4 unspecified atom stereocenters. The topological polar surface area (TPSA) is 148 Å². The van der Waals surface area contributed by atoms with E-state index in [1.807, 2.05) is 6.07 Å². The van der Waals surface area contributed by atoms with Gasteiger partial charge in [0.25, 0.3) is 0 Å². The van der Waals surface area contributed by atoms with E-state index in [1.54, 1.807) is 4.90 Å². The smallest absolute Gasteiger partial charge is 0.242 e. The number of nitrogens with one attached hydrogen (secondary N) is 1. The maximum absolute atomic E-state index is 13.5. The molecule has 1 saturated carbocycles. The SMILES string of the molecule is N#CC1C[C@@H]2C[C@@H]2N1C(=O)C(N)CN1CC2C[C@H]1C(=O)N2C1CCc2cc(-c3nn[nH]n3)ccc21. The summed E-state index contributed by atoms with van der Waals surface area (Å²) < 4.78 is 0. The van der Waals surface area contributed by atoms with Crippen molar-refractivity contribution < 1.29 is 9.59 Å². The standard InChI is InChI=1S/C24H27N9O2/c25-9-15-6-14-7-20(14)32(15)23(34)18(26)11-31-10-16-8-21(31)24(35)33(16)19-4-2-12-5-13(1-3-17(12)19)22-27-29-30-28-22/h1,3,5,14-16,18-21H,2,4,6-8,10-11,26H2,(H,27,28,29,30)/t14-,15?,16?,18?,19?,20+,21+/m1/s1. The van der Waals surface area contributed by atoms with E-state index in [1.165, 1.54) is 11.1 Å². The Labute approximate surface area is 202 Å². The first-order valence-electron chi connectivity index (χ1n) is 12.4. The molecule has 3 saturated heterocycles. The van der Waals surface area contributed by atoms with Crippen molar-refractivity contribution in [1.29, 1.82) is 5.26 Å². The number of amides is 2. The van der Waals surface area contributed by atoms with Crippen LogP contribution in [-0.4, -0.2) is 90.4 Å². The molecule has 1 aromatic carbocycles. The van der Waals surface area contributed by atoms with Crippen molar-refractivity contribution in [2.24, 2.45) is 11.7 Å². The van der Waals surface area contributed by atoms with E-state index in [2.05, 4.69) is 48.6 Å². The molecule has 35 heavy (non-hydrogen) atoms. The average molecular weight is 474 g/mol. The summed E-state index contributed by atoms with van der Waals surface area (Å²) in [5, 5.41) is 23.7. The third-order valence-electron chi connectivity index (χ3n) is 8.70. The van der Waals surface area contributed by atoms with Crippen LogP contribution in [0.15, 0.2) is 18.2 Å². The van der Waals surface area contributed by atoms with Crippen LogP contribution >= 0.6 is 0 Å². The second-order valence-electron chi connectivity index (χ2n) is 10.6. The second-order valence-corrected chi connectivity index (χ2v) is 10.6. The van der Waals surface area contributed by atoms with E-state index in [4.69, 9.17) is 5.73 Å². The van der Waals surface area contributed by atoms with Gasteiger partial charge in [-0.2, -0.15) is 10.5 Å². The van der Waals surface area contributed by atoms with Crippen LogP contribution < -0.4 is 5.73 Å². The third-order valence-corrected chi connectivity index (χ3v) is 8.70. The maximum Gasteiger partial charge on any atom is 0.242 e. The summed E-state index contributed by atoms with van der Waals surface area (Å²) in [5.41, 5.74) is 9.70. The second kappa shape index (κ2) is 7.57. The molecule has 3 N–H and O–H groups in total. The van der Waals surface area contributed by atoms with Crippen molar-refractivity contribution in [2.45, 2.75) is 68.4 Å². The number of aromatic amines is 1. The zero-order chi connectivity index (χ0) is 23.8. The number of aromatic nitrogens is 4. The van der Waals surface area contributed by atoms with Gasteiger partial charge < -0.3 is 15.5 Å². The first kappa shape index (κ1) is 21.0. The van der Waals surface area contributed by atoms with Gasteiger partial charge in [0.1, 0.15) is 6.04 Å². The van der Waals surface area contributed by atoms with E-state index >= 15 is 0 Å². The summed E-state index contributed by atoms with van der Waals surface area (Å²) in [6, 6.07) is 7.57.